The van der Waals surface area contributed by atoms with Crippen LogP contribution in [0.1, 0.15) is 18.4 Å². The lowest BCUT2D eigenvalue weighted by molar-refractivity contribution is 0.205. The van der Waals surface area contributed by atoms with E-state index in [9.17, 15) is 0 Å². The molecule has 21 heavy (non-hydrogen) atoms. The van der Waals surface area contributed by atoms with Crippen molar-refractivity contribution in [1.82, 2.24) is 4.90 Å². The molecule has 0 unspecified atom stereocenters. The van der Waals surface area contributed by atoms with Gasteiger partial charge in [0.1, 0.15) is 0 Å². The number of likely N-dealkylation sites (tertiary alicyclic amines) is 1. The van der Waals surface area contributed by atoms with Crippen LogP contribution in [-0.2, 0) is 6.54 Å². The Morgan fingerprint density at radius 2 is 1.67 bits per heavy atom. The Bertz CT molecular complexity index is 586. The van der Waals surface area contributed by atoms with Gasteiger partial charge in [0.25, 0.3) is 0 Å². The highest BCUT2D eigenvalue weighted by molar-refractivity contribution is 9.10. The van der Waals surface area contributed by atoms with Crippen LogP contribution < -0.4 is 5.73 Å². The normalized spacial score (nSPS) is 17.0. The predicted octanol–water partition coefficient (Wildman–Crippen LogP) is 4.04. The van der Waals surface area contributed by atoms with E-state index < -0.39 is 0 Å². The van der Waals surface area contributed by atoms with Gasteiger partial charge in [0.05, 0.1) is 0 Å². The molecule has 1 heterocycles. The van der Waals surface area contributed by atoms with E-state index in [2.05, 4.69) is 63.3 Å². The molecule has 3 heteroatoms. The molecule has 1 fully saturated rings. The third-order valence-electron chi connectivity index (χ3n) is 4.18. The average Bonchev–Trinajstić information content (AvgIpc) is 2.51. The van der Waals surface area contributed by atoms with E-state index in [0.717, 1.165) is 36.9 Å². The van der Waals surface area contributed by atoms with Crippen molar-refractivity contribution >= 4 is 15.9 Å². The molecule has 2 N–H and O–H groups in total. The van der Waals surface area contributed by atoms with Crippen molar-refractivity contribution in [2.24, 2.45) is 5.73 Å². The minimum atomic E-state index is 0.402. The van der Waals surface area contributed by atoms with Gasteiger partial charge in [-0.15, -0.1) is 0 Å². The van der Waals surface area contributed by atoms with E-state index in [4.69, 9.17) is 5.73 Å². The monoisotopic (exact) mass is 344 g/mol. The molecule has 0 aromatic heterocycles. The van der Waals surface area contributed by atoms with Gasteiger partial charge in [-0.1, -0.05) is 58.4 Å². The van der Waals surface area contributed by atoms with Gasteiger partial charge in [-0.2, -0.15) is 0 Å². The lowest BCUT2D eigenvalue weighted by atomic mass is 10.0. The average molecular weight is 345 g/mol. The van der Waals surface area contributed by atoms with Crippen molar-refractivity contribution in [3.63, 3.8) is 0 Å². The van der Waals surface area contributed by atoms with Gasteiger partial charge in [0, 0.05) is 17.1 Å². The standard InChI is InChI=1S/C18H21BrN2/c19-18-4-2-1-3-17(18)15-7-5-14(6-8-15)13-21-11-9-16(20)10-12-21/h1-8,16H,9-13,20H2. The zero-order chi connectivity index (χ0) is 14.7. The molecule has 0 saturated carbocycles. The number of piperidine rings is 1. The molecule has 3 rings (SSSR count). The lowest BCUT2D eigenvalue weighted by Crippen LogP contribution is -2.39. The fourth-order valence-electron chi connectivity index (χ4n) is 2.85. The fraction of sp³-hybridized carbons (Fsp3) is 0.333. The highest BCUT2D eigenvalue weighted by atomic mass is 79.9. The predicted molar refractivity (Wildman–Crippen MR) is 92.1 cm³/mol. The maximum atomic E-state index is 5.96. The topological polar surface area (TPSA) is 29.3 Å². The molecule has 1 aliphatic rings. The van der Waals surface area contributed by atoms with E-state index in [1.165, 1.54) is 16.7 Å². The number of nitrogens with zero attached hydrogens (tertiary/aromatic N) is 1. The summed E-state index contributed by atoms with van der Waals surface area (Å²) in [5, 5.41) is 0. The third-order valence-corrected chi connectivity index (χ3v) is 4.87. The van der Waals surface area contributed by atoms with Gasteiger partial charge >= 0.3 is 0 Å². The SMILES string of the molecule is NC1CCN(Cc2ccc(-c3ccccc3Br)cc2)CC1. The van der Waals surface area contributed by atoms with Crippen molar-refractivity contribution in [1.29, 1.82) is 0 Å². The van der Waals surface area contributed by atoms with Crippen molar-refractivity contribution in [3.8, 4) is 11.1 Å². The van der Waals surface area contributed by atoms with Crippen LogP contribution >= 0.6 is 15.9 Å². The summed E-state index contributed by atoms with van der Waals surface area (Å²) in [4.78, 5) is 2.50. The van der Waals surface area contributed by atoms with Gasteiger partial charge in [-0.25, -0.2) is 0 Å². The smallest absolute Gasteiger partial charge is 0.0253 e. The van der Waals surface area contributed by atoms with Crippen LogP contribution in [-0.4, -0.2) is 24.0 Å². The van der Waals surface area contributed by atoms with E-state index in [1.54, 1.807) is 0 Å². The molecule has 1 aliphatic heterocycles. The quantitative estimate of drug-likeness (QED) is 0.910. The summed E-state index contributed by atoms with van der Waals surface area (Å²) in [7, 11) is 0. The molecule has 0 spiro atoms. The molecule has 2 nitrogen and oxygen atoms in total. The van der Waals surface area contributed by atoms with Crippen LogP contribution in [0.4, 0.5) is 0 Å². The van der Waals surface area contributed by atoms with Crippen LogP contribution in [0, 0.1) is 0 Å². The summed E-state index contributed by atoms with van der Waals surface area (Å²) in [5.41, 5.74) is 9.83. The van der Waals surface area contributed by atoms with E-state index >= 15 is 0 Å². The second-order valence-corrected chi connectivity index (χ2v) is 6.64. The van der Waals surface area contributed by atoms with Crippen LogP contribution in [0.3, 0.4) is 0 Å². The van der Waals surface area contributed by atoms with Crippen LogP contribution in [0.5, 0.6) is 0 Å². The Balaban J connectivity index is 1.68. The van der Waals surface area contributed by atoms with Crippen molar-refractivity contribution in [3.05, 3.63) is 58.6 Å². The first-order valence-corrected chi connectivity index (χ1v) is 8.33. The molecule has 0 bridgehead atoms. The minimum absolute atomic E-state index is 0.402. The Morgan fingerprint density at radius 3 is 2.33 bits per heavy atom. The molecule has 0 radical (unpaired) electrons. The van der Waals surface area contributed by atoms with Gasteiger partial charge in [0.2, 0.25) is 0 Å². The first kappa shape index (κ1) is 14.8. The molecular weight excluding hydrogens is 324 g/mol. The number of benzene rings is 2. The zero-order valence-electron chi connectivity index (χ0n) is 12.1. The second kappa shape index (κ2) is 6.73. The van der Waals surface area contributed by atoms with Crippen molar-refractivity contribution < 1.29 is 0 Å². The summed E-state index contributed by atoms with van der Waals surface area (Å²) in [6, 6.07) is 17.7. The molecule has 0 atom stereocenters. The van der Waals surface area contributed by atoms with E-state index in [1.807, 2.05) is 6.07 Å². The number of nitrogens with two attached hydrogens (primary N) is 1. The highest BCUT2D eigenvalue weighted by Gasteiger charge is 2.15. The summed E-state index contributed by atoms with van der Waals surface area (Å²) in [5.74, 6) is 0. The Morgan fingerprint density at radius 1 is 1.00 bits per heavy atom. The molecule has 110 valence electrons. The molecular formula is C18H21BrN2. The molecule has 2 aromatic rings. The number of hydrogen-bond acceptors (Lipinski definition) is 2. The number of rotatable bonds is 3. The second-order valence-electron chi connectivity index (χ2n) is 5.79. The molecule has 1 saturated heterocycles. The summed E-state index contributed by atoms with van der Waals surface area (Å²) in [6.45, 7) is 3.27. The summed E-state index contributed by atoms with van der Waals surface area (Å²) < 4.78 is 1.14. The number of hydrogen-bond donors (Lipinski definition) is 1. The van der Waals surface area contributed by atoms with Crippen molar-refractivity contribution in [2.75, 3.05) is 13.1 Å². The van der Waals surface area contributed by atoms with E-state index in [-0.39, 0.29) is 0 Å². The fourth-order valence-corrected chi connectivity index (χ4v) is 3.37. The Hall–Kier alpha value is -1.16. The maximum absolute atomic E-state index is 5.96. The first-order chi connectivity index (χ1) is 10.2. The summed E-state index contributed by atoms with van der Waals surface area (Å²) in [6.07, 6.45) is 2.24. The zero-order valence-corrected chi connectivity index (χ0v) is 13.7. The largest absolute Gasteiger partial charge is 0.328 e. The van der Waals surface area contributed by atoms with Gasteiger partial charge in [0.15, 0.2) is 0 Å². The van der Waals surface area contributed by atoms with E-state index in [0.29, 0.717) is 6.04 Å². The lowest BCUT2D eigenvalue weighted by Gasteiger charge is -2.30. The van der Waals surface area contributed by atoms with Gasteiger partial charge < -0.3 is 5.73 Å². The highest BCUT2D eigenvalue weighted by Crippen LogP contribution is 2.28. The minimum Gasteiger partial charge on any atom is -0.328 e. The van der Waals surface area contributed by atoms with Gasteiger partial charge in [-0.3, -0.25) is 4.90 Å². The van der Waals surface area contributed by atoms with Crippen molar-refractivity contribution in [2.45, 2.75) is 25.4 Å². The Kier molecular flexibility index (Phi) is 4.73. The molecule has 0 amide bonds. The molecule has 2 aromatic carbocycles. The Labute approximate surface area is 135 Å². The molecule has 0 aliphatic carbocycles. The van der Waals surface area contributed by atoms with Crippen LogP contribution in [0.15, 0.2) is 53.0 Å². The van der Waals surface area contributed by atoms with Crippen LogP contribution in [0.25, 0.3) is 11.1 Å². The van der Waals surface area contributed by atoms with Gasteiger partial charge in [-0.05, 0) is 48.7 Å². The maximum Gasteiger partial charge on any atom is 0.0253 e. The van der Waals surface area contributed by atoms with Crippen LogP contribution in [0.2, 0.25) is 0 Å². The summed E-state index contributed by atoms with van der Waals surface area (Å²) >= 11 is 3.62. The number of halogens is 1. The first-order valence-electron chi connectivity index (χ1n) is 7.54. The third kappa shape index (κ3) is 3.73.